The fourth-order valence-electron chi connectivity index (χ4n) is 2.40. The van der Waals surface area contributed by atoms with E-state index in [1.807, 2.05) is 30.3 Å². The Bertz CT molecular complexity index is 918. The zero-order chi connectivity index (χ0) is 16.2. The molecule has 0 unspecified atom stereocenters. The van der Waals surface area contributed by atoms with E-state index in [1.165, 1.54) is 0 Å². The molecular weight excluding hydrogens is 312 g/mol. The fourth-order valence-corrected chi connectivity index (χ4v) is 2.58. The highest BCUT2D eigenvalue weighted by Gasteiger charge is 2.08. The smallest absolute Gasteiger partial charge is 0.251 e. The van der Waals surface area contributed by atoms with Crippen molar-refractivity contribution in [2.24, 2.45) is 0 Å². The van der Waals surface area contributed by atoms with E-state index in [0.717, 1.165) is 10.9 Å². The second-order valence-corrected chi connectivity index (χ2v) is 5.65. The largest absolute Gasteiger partial charge is 0.325 e. The van der Waals surface area contributed by atoms with Crippen LogP contribution in [0.2, 0.25) is 5.02 Å². The second kappa shape index (κ2) is 6.67. The number of aromatic nitrogens is 1. The lowest BCUT2D eigenvalue weighted by molar-refractivity contribution is -0.116. The number of H-pyrrole nitrogens is 1. The minimum Gasteiger partial charge on any atom is -0.325 e. The normalized spacial score (nSPS) is 10.7. The highest BCUT2D eigenvalue weighted by molar-refractivity contribution is 6.33. The van der Waals surface area contributed by atoms with Crippen molar-refractivity contribution >= 4 is 34.1 Å². The molecule has 1 amide bonds. The molecule has 116 valence electrons. The van der Waals surface area contributed by atoms with Gasteiger partial charge in [0.1, 0.15) is 0 Å². The number of carbonyl (C=O) groups excluding carboxylic acids is 1. The molecule has 5 heteroatoms. The van der Waals surface area contributed by atoms with Crippen LogP contribution in [0.25, 0.3) is 10.9 Å². The number of para-hydroxylation sites is 2. The van der Waals surface area contributed by atoms with Gasteiger partial charge in [-0.15, -0.1) is 0 Å². The van der Waals surface area contributed by atoms with Crippen molar-refractivity contribution in [3.05, 3.63) is 75.5 Å². The average Bonchev–Trinajstić information content (AvgIpc) is 2.55. The maximum atomic E-state index is 12.0. The van der Waals surface area contributed by atoms with E-state index < -0.39 is 0 Å². The van der Waals surface area contributed by atoms with Gasteiger partial charge in [0.25, 0.3) is 5.56 Å². The van der Waals surface area contributed by atoms with E-state index in [1.54, 1.807) is 24.3 Å². The molecule has 23 heavy (non-hydrogen) atoms. The summed E-state index contributed by atoms with van der Waals surface area (Å²) >= 11 is 6.01. The highest BCUT2D eigenvalue weighted by Crippen LogP contribution is 2.20. The van der Waals surface area contributed by atoms with Gasteiger partial charge in [-0.1, -0.05) is 41.9 Å². The number of fused-ring (bicyclic) bond motifs is 1. The van der Waals surface area contributed by atoms with Crippen molar-refractivity contribution < 1.29 is 4.79 Å². The summed E-state index contributed by atoms with van der Waals surface area (Å²) in [7, 11) is 0. The Morgan fingerprint density at radius 2 is 1.83 bits per heavy atom. The molecule has 2 aromatic carbocycles. The molecular formula is C18H15ClN2O2. The molecule has 0 fully saturated rings. The van der Waals surface area contributed by atoms with E-state index in [0.29, 0.717) is 22.7 Å². The molecule has 3 aromatic rings. The molecule has 0 atom stereocenters. The Labute approximate surface area is 138 Å². The van der Waals surface area contributed by atoms with Crippen LogP contribution in [0.1, 0.15) is 12.0 Å². The quantitative estimate of drug-likeness (QED) is 0.767. The molecule has 1 heterocycles. The predicted molar refractivity (Wildman–Crippen MR) is 93.0 cm³/mol. The Morgan fingerprint density at radius 3 is 2.65 bits per heavy atom. The minimum absolute atomic E-state index is 0.158. The summed E-state index contributed by atoms with van der Waals surface area (Å²) in [4.78, 5) is 26.9. The highest BCUT2D eigenvalue weighted by atomic mass is 35.5. The van der Waals surface area contributed by atoms with Gasteiger partial charge in [0.15, 0.2) is 0 Å². The summed E-state index contributed by atoms with van der Waals surface area (Å²) in [5, 5.41) is 4.20. The van der Waals surface area contributed by atoms with Crippen LogP contribution in [0.5, 0.6) is 0 Å². The molecule has 0 aliphatic rings. The maximum absolute atomic E-state index is 12.0. The third kappa shape index (κ3) is 3.60. The number of rotatable bonds is 4. The van der Waals surface area contributed by atoms with E-state index in [9.17, 15) is 9.59 Å². The number of aryl methyl sites for hydroxylation is 1. The standard InChI is InChI=1S/C18H15ClN2O2/c19-14-6-2-4-8-16(14)20-17(22)10-9-13-11-12-5-1-3-7-15(12)21-18(13)23/h1-8,11H,9-10H2,(H,20,22)(H,21,23). The first kappa shape index (κ1) is 15.3. The van der Waals surface area contributed by atoms with Gasteiger partial charge >= 0.3 is 0 Å². The molecule has 4 nitrogen and oxygen atoms in total. The number of hydrogen-bond donors (Lipinski definition) is 2. The number of pyridine rings is 1. The topological polar surface area (TPSA) is 62.0 Å². The van der Waals surface area contributed by atoms with Gasteiger partial charge in [0.2, 0.25) is 5.91 Å². The number of anilines is 1. The number of carbonyl (C=O) groups is 1. The first-order valence-electron chi connectivity index (χ1n) is 7.29. The second-order valence-electron chi connectivity index (χ2n) is 5.24. The molecule has 0 aliphatic carbocycles. The predicted octanol–water partition coefficient (Wildman–Crippen LogP) is 3.75. The van der Waals surface area contributed by atoms with Gasteiger partial charge in [-0.05, 0) is 36.1 Å². The lowest BCUT2D eigenvalue weighted by Gasteiger charge is -2.07. The van der Waals surface area contributed by atoms with Crippen molar-refractivity contribution in [3.63, 3.8) is 0 Å². The van der Waals surface area contributed by atoms with Crippen LogP contribution in [0.15, 0.2) is 59.4 Å². The molecule has 0 radical (unpaired) electrons. The molecule has 0 saturated heterocycles. The minimum atomic E-state index is -0.175. The third-order valence-corrected chi connectivity index (χ3v) is 3.93. The van der Waals surface area contributed by atoms with E-state index in [4.69, 9.17) is 11.6 Å². The number of hydrogen-bond acceptors (Lipinski definition) is 2. The molecule has 1 aromatic heterocycles. The SMILES string of the molecule is O=C(CCc1cc2ccccc2[nH]c1=O)Nc1ccccc1Cl. The van der Waals surface area contributed by atoms with Crippen LogP contribution in [0, 0.1) is 0 Å². The lowest BCUT2D eigenvalue weighted by atomic mass is 10.1. The maximum Gasteiger partial charge on any atom is 0.251 e. The summed E-state index contributed by atoms with van der Waals surface area (Å²) < 4.78 is 0. The summed E-state index contributed by atoms with van der Waals surface area (Å²) in [6, 6.07) is 16.4. The molecule has 0 spiro atoms. The first-order valence-corrected chi connectivity index (χ1v) is 7.66. The van der Waals surface area contributed by atoms with Gasteiger partial charge in [0, 0.05) is 17.5 Å². The van der Waals surface area contributed by atoms with Gasteiger partial charge in [-0.2, -0.15) is 0 Å². The van der Waals surface area contributed by atoms with E-state index in [-0.39, 0.29) is 17.9 Å². The zero-order valence-corrected chi connectivity index (χ0v) is 13.1. The van der Waals surface area contributed by atoms with Gasteiger partial charge < -0.3 is 10.3 Å². The molecule has 2 N–H and O–H groups in total. The Balaban J connectivity index is 1.71. The van der Waals surface area contributed by atoms with Crippen molar-refractivity contribution in [1.29, 1.82) is 0 Å². The summed E-state index contributed by atoms with van der Waals surface area (Å²) in [6.45, 7) is 0. The Kier molecular flexibility index (Phi) is 4.44. The fraction of sp³-hybridized carbons (Fsp3) is 0.111. The van der Waals surface area contributed by atoms with Crippen LogP contribution >= 0.6 is 11.6 Å². The molecule has 0 aliphatic heterocycles. The van der Waals surface area contributed by atoms with Crippen LogP contribution in [-0.2, 0) is 11.2 Å². The van der Waals surface area contributed by atoms with Crippen LogP contribution in [0.4, 0.5) is 5.69 Å². The Morgan fingerprint density at radius 1 is 1.09 bits per heavy atom. The lowest BCUT2D eigenvalue weighted by Crippen LogP contribution is -2.17. The molecule has 0 saturated carbocycles. The molecule has 0 bridgehead atoms. The third-order valence-electron chi connectivity index (χ3n) is 3.60. The van der Waals surface area contributed by atoms with Crippen molar-refractivity contribution in [2.45, 2.75) is 12.8 Å². The van der Waals surface area contributed by atoms with Gasteiger partial charge in [0.05, 0.1) is 10.7 Å². The van der Waals surface area contributed by atoms with Gasteiger partial charge in [-0.25, -0.2) is 0 Å². The number of halogens is 1. The Hall–Kier alpha value is -2.59. The number of amides is 1. The van der Waals surface area contributed by atoms with Crippen molar-refractivity contribution in [2.75, 3.05) is 5.32 Å². The average molecular weight is 327 g/mol. The number of nitrogens with one attached hydrogen (secondary N) is 2. The van der Waals surface area contributed by atoms with Crippen molar-refractivity contribution in [1.82, 2.24) is 4.98 Å². The number of aromatic amines is 1. The molecule has 3 rings (SSSR count). The summed E-state index contributed by atoms with van der Waals surface area (Å²) in [6.07, 6.45) is 0.586. The van der Waals surface area contributed by atoms with Crippen molar-refractivity contribution in [3.8, 4) is 0 Å². The zero-order valence-electron chi connectivity index (χ0n) is 12.3. The monoisotopic (exact) mass is 326 g/mol. The first-order chi connectivity index (χ1) is 11.1. The number of benzene rings is 2. The van der Waals surface area contributed by atoms with E-state index >= 15 is 0 Å². The van der Waals surface area contributed by atoms with Crippen LogP contribution < -0.4 is 10.9 Å². The van der Waals surface area contributed by atoms with E-state index in [2.05, 4.69) is 10.3 Å². The summed E-state index contributed by atoms with van der Waals surface area (Å²) in [5.74, 6) is -0.175. The van der Waals surface area contributed by atoms with Crippen LogP contribution in [-0.4, -0.2) is 10.9 Å². The van der Waals surface area contributed by atoms with Gasteiger partial charge in [-0.3, -0.25) is 9.59 Å². The summed E-state index contributed by atoms with van der Waals surface area (Å²) in [5.41, 5.74) is 1.81. The van der Waals surface area contributed by atoms with Crippen LogP contribution in [0.3, 0.4) is 0 Å².